The molecular weight excluding hydrogens is 372 g/mol. The van der Waals surface area contributed by atoms with Crippen molar-refractivity contribution in [1.29, 1.82) is 0 Å². The van der Waals surface area contributed by atoms with E-state index in [1.807, 2.05) is 24.3 Å². The molecule has 0 bridgehead atoms. The second-order valence-electron chi connectivity index (χ2n) is 7.10. The number of halogens is 1. The van der Waals surface area contributed by atoms with Gasteiger partial charge in [-0.2, -0.15) is 0 Å². The molecular formula is C22H27ClN4O. The minimum Gasteiger partial charge on any atom is -0.350 e. The van der Waals surface area contributed by atoms with Crippen LogP contribution in [0.25, 0.3) is 10.9 Å². The highest BCUT2D eigenvalue weighted by Gasteiger charge is 2.09. The Hall–Kier alpha value is -2.34. The lowest BCUT2D eigenvalue weighted by atomic mass is 10.1. The zero-order chi connectivity index (χ0) is 19.9. The van der Waals surface area contributed by atoms with Crippen LogP contribution in [0.3, 0.4) is 0 Å². The lowest BCUT2D eigenvalue weighted by molar-refractivity contribution is 0.0945. The average molecular weight is 399 g/mol. The van der Waals surface area contributed by atoms with Gasteiger partial charge in [-0.1, -0.05) is 41.9 Å². The number of fused-ring (bicyclic) bond motifs is 1. The van der Waals surface area contributed by atoms with Gasteiger partial charge in [0, 0.05) is 35.6 Å². The van der Waals surface area contributed by atoms with Gasteiger partial charge in [0.1, 0.15) is 5.69 Å². The maximum atomic E-state index is 12.3. The summed E-state index contributed by atoms with van der Waals surface area (Å²) in [4.78, 5) is 17.7. The molecule has 1 aromatic heterocycles. The molecule has 0 saturated heterocycles. The van der Waals surface area contributed by atoms with Crippen molar-refractivity contribution in [3.05, 3.63) is 70.4 Å². The first-order valence-corrected chi connectivity index (χ1v) is 9.96. The third-order valence-electron chi connectivity index (χ3n) is 4.87. The molecule has 2 aromatic carbocycles. The Labute approximate surface area is 170 Å². The van der Waals surface area contributed by atoms with Crippen LogP contribution >= 0.6 is 11.6 Å². The molecule has 3 rings (SSSR count). The lowest BCUT2D eigenvalue weighted by Crippen LogP contribution is -2.33. The van der Waals surface area contributed by atoms with Crippen molar-refractivity contribution in [3.8, 4) is 0 Å². The molecule has 0 unspecified atom stereocenters. The predicted molar refractivity (Wildman–Crippen MR) is 116 cm³/mol. The Balaban J connectivity index is 1.37. The summed E-state index contributed by atoms with van der Waals surface area (Å²) >= 11 is 5.99. The fourth-order valence-electron chi connectivity index (χ4n) is 3.18. The number of hydrogen-bond acceptors (Lipinski definition) is 3. The molecule has 0 atom stereocenters. The molecule has 1 amide bonds. The maximum absolute atomic E-state index is 12.3. The summed E-state index contributed by atoms with van der Waals surface area (Å²) in [6.07, 6.45) is 2.12. The summed E-state index contributed by atoms with van der Waals surface area (Å²) in [7, 11) is 2.08. The molecule has 0 radical (unpaired) electrons. The van der Waals surface area contributed by atoms with Gasteiger partial charge in [-0.25, -0.2) is 0 Å². The van der Waals surface area contributed by atoms with Crippen molar-refractivity contribution in [2.75, 3.05) is 26.7 Å². The van der Waals surface area contributed by atoms with Crippen molar-refractivity contribution < 1.29 is 4.79 Å². The lowest BCUT2D eigenvalue weighted by Gasteiger charge is -2.16. The standard InChI is InChI=1S/C22H27ClN4O/c1-27(11-2-3-16-4-6-17(15-24)7-5-16)12-10-25-22(28)21-13-18-8-9-19(23)14-20(18)26-21/h4-9,13-14,26H,2-3,10-12,15,24H2,1H3,(H,25,28). The van der Waals surface area contributed by atoms with Gasteiger partial charge in [-0.05, 0) is 55.8 Å². The molecule has 28 heavy (non-hydrogen) atoms. The summed E-state index contributed by atoms with van der Waals surface area (Å²) in [5.74, 6) is -0.0966. The molecule has 5 nitrogen and oxygen atoms in total. The molecule has 0 spiro atoms. The number of nitrogens with one attached hydrogen (secondary N) is 2. The summed E-state index contributed by atoms with van der Waals surface area (Å²) in [5, 5.41) is 4.60. The fraction of sp³-hybridized carbons (Fsp3) is 0.318. The van der Waals surface area contributed by atoms with Crippen molar-refractivity contribution in [2.24, 2.45) is 5.73 Å². The first-order valence-electron chi connectivity index (χ1n) is 9.58. The van der Waals surface area contributed by atoms with Crippen molar-refractivity contribution >= 4 is 28.4 Å². The summed E-state index contributed by atoms with van der Waals surface area (Å²) < 4.78 is 0. The number of benzene rings is 2. The SMILES string of the molecule is CN(CCCc1ccc(CN)cc1)CCNC(=O)c1cc2ccc(Cl)cc2[nH]1. The number of H-pyrrole nitrogens is 1. The van der Waals surface area contributed by atoms with E-state index < -0.39 is 0 Å². The number of aryl methyl sites for hydroxylation is 1. The second-order valence-corrected chi connectivity index (χ2v) is 7.53. The number of carbonyl (C=O) groups is 1. The molecule has 1 heterocycles. The molecule has 0 saturated carbocycles. The Morgan fingerprint density at radius 3 is 2.61 bits per heavy atom. The Morgan fingerprint density at radius 2 is 1.86 bits per heavy atom. The highest BCUT2D eigenvalue weighted by molar-refractivity contribution is 6.31. The quantitative estimate of drug-likeness (QED) is 0.515. The van der Waals surface area contributed by atoms with Gasteiger partial charge in [0.2, 0.25) is 0 Å². The van der Waals surface area contributed by atoms with Gasteiger partial charge in [-0.15, -0.1) is 0 Å². The number of nitrogens with zero attached hydrogens (tertiary/aromatic N) is 1. The normalized spacial score (nSPS) is 11.3. The zero-order valence-electron chi connectivity index (χ0n) is 16.2. The van der Waals surface area contributed by atoms with Crippen LogP contribution in [0.1, 0.15) is 28.0 Å². The maximum Gasteiger partial charge on any atom is 0.267 e. The molecule has 6 heteroatoms. The Kier molecular flexibility index (Phi) is 7.09. The van der Waals surface area contributed by atoms with Crippen LogP contribution in [0.15, 0.2) is 48.5 Å². The predicted octanol–water partition coefficient (Wildman–Crippen LogP) is 3.57. The third kappa shape index (κ3) is 5.58. The third-order valence-corrected chi connectivity index (χ3v) is 5.11. The second kappa shape index (κ2) is 9.73. The Bertz CT molecular complexity index is 920. The molecule has 0 aliphatic heterocycles. The number of aromatic nitrogens is 1. The van der Waals surface area contributed by atoms with E-state index in [0.717, 1.165) is 42.4 Å². The van der Waals surface area contributed by atoms with Crippen molar-refractivity contribution in [3.63, 3.8) is 0 Å². The molecule has 148 valence electrons. The minimum atomic E-state index is -0.0966. The van der Waals surface area contributed by atoms with E-state index in [4.69, 9.17) is 17.3 Å². The van der Waals surface area contributed by atoms with Crippen LogP contribution in [-0.4, -0.2) is 42.5 Å². The number of carbonyl (C=O) groups excluding carboxylic acids is 1. The number of rotatable bonds is 9. The van der Waals surface area contributed by atoms with Crippen LogP contribution in [0.4, 0.5) is 0 Å². The molecule has 3 aromatic rings. The number of nitrogens with two attached hydrogens (primary N) is 1. The monoisotopic (exact) mass is 398 g/mol. The molecule has 0 fully saturated rings. The van der Waals surface area contributed by atoms with E-state index in [9.17, 15) is 4.79 Å². The van der Waals surface area contributed by atoms with Gasteiger partial charge >= 0.3 is 0 Å². The highest BCUT2D eigenvalue weighted by Crippen LogP contribution is 2.19. The number of likely N-dealkylation sites (N-methyl/N-ethyl adjacent to an activating group) is 1. The van der Waals surface area contributed by atoms with Gasteiger partial charge in [0.15, 0.2) is 0 Å². The average Bonchev–Trinajstić information content (AvgIpc) is 3.11. The van der Waals surface area contributed by atoms with Gasteiger partial charge < -0.3 is 20.9 Å². The van der Waals surface area contributed by atoms with Crippen LogP contribution in [0.5, 0.6) is 0 Å². The van der Waals surface area contributed by atoms with Crippen LogP contribution < -0.4 is 11.1 Å². The molecule has 4 N–H and O–H groups in total. The number of hydrogen-bond donors (Lipinski definition) is 3. The first kappa shape index (κ1) is 20.4. The minimum absolute atomic E-state index is 0.0966. The van der Waals surface area contributed by atoms with Crippen LogP contribution in [0.2, 0.25) is 5.02 Å². The molecule has 0 aliphatic carbocycles. The fourth-order valence-corrected chi connectivity index (χ4v) is 3.36. The van der Waals surface area contributed by atoms with E-state index in [2.05, 4.69) is 46.5 Å². The topological polar surface area (TPSA) is 74.2 Å². The zero-order valence-corrected chi connectivity index (χ0v) is 16.9. The van der Waals surface area contributed by atoms with Crippen LogP contribution in [0, 0.1) is 0 Å². The number of aromatic amines is 1. The smallest absolute Gasteiger partial charge is 0.267 e. The van der Waals surface area contributed by atoms with E-state index in [1.54, 1.807) is 0 Å². The highest BCUT2D eigenvalue weighted by atomic mass is 35.5. The number of amides is 1. The van der Waals surface area contributed by atoms with Crippen molar-refractivity contribution in [2.45, 2.75) is 19.4 Å². The van der Waals surface area contributed by atoms with E-state index in [0.29, 0.717) is 23.8 Å². The van der Waals surface area contributed by atoms with E-state index >= 15 is 0 Å². The van der Waals surface area contributed by atoms with Crippen molar-refractivity contribution in [1.82, 2.24) is 15.2 Å². The Morgan fingerprint density at radius 1 is 1.11 bits per heavy atom. The van der Waals surface area contributed by atoms with Crippen LogP contribution in [-0.2, 0) is 13.0 Å². The summed E-state index contributed by atoms with van der Waals surface area (Å²) in [6.45, 7) is 2.99. The first-order chi connectivity index (χ1) is 13.5. The summed E-state index contributed by atoms with van der Waals surface area (Å²) in [6, 6.07) is 15.9. The summed E-state index contributed by atoms with van der Waals surface area (Å²) in [5.41, 5.74) is 9.55. The largest absolute Gasteiger partial charge is 0.350 e. The van der Waals surface area contributed by atoms with Gasteiger partial charge in [0.05, 0.1) is 0 Å². The van der Waals surface area contributed by atoms with E-state index in [-0.39, 0.29) is 5.91 Å². The molecule has 0 aliphatic rings. The van der Waals surface area contributed by atoms with Gasteiger partial charge in [-0.3, -0.25) is 4.79 Å². The van der Waals surface area contributed by atoms with E-state index in [1.165, 1.54) is 5.56 Å². The van der Waals surface area contributed by atoms with Gasteiger partial charge in [0.25, 0.3) is 5.91 Å².